The Morgan fingerprint density at radius 1 is 1.42 bits per heavy atom. The second-order valence-corrected chi connectivity index (χ2v) is 4.01. The average molecular weight is 190 g/mol. The van der Waals surface area contributed by atoms with E-state index in [1.807, 2.05) is 13.8 Å². The Morgan fingerprint density at radius 3 is 1.92 bits per heavy atom. The van der Waals surface area contributed by atoms with Crippen LogP contribution in [0.1, 0.15) is 26.7 Å². The van der Waals surface area contributed by atoms with Gasteiger partial charge in [0.1, 0.15) is 0 Å². The molecule has 0 saturated heterocycles. The first-order chi connectivity index (χ1) is 5.47. The van der Waals surface area contributed by atoms with Gasteiger partial charge in [0.15, 0.2) is 0 Å². The molecule has 12 heavy (non-hydrogen) atoms. The molecule has 4 heteroatoms. The maximum atomic E-state index is 10.9. The molecular formula is C8H15O3P. The van der Waals surface area contributed by atoms with Crippen molar-refractivity contribution in [3.05, 3.63) is 23.5 Å². The number of hydrogen-bond acceptors (Lipinski definition) is 1. The van der Waals surface area contributed by atoms with Crippen molar-refractivity contribution in [3.63, 3.8) is 0 Å². The van der Waals surface area contributed by atoms with Crippen LogP contribution in [0.2, 0.25) is 0 Å². The molecule has 0 bridgehead atoms. The van der Waals surface area contributed by atoms with Crippen molar-refractivity contribution in [2.24, 2.45) is 0 Å². The van der Waals surface area contributed by atoms with Gasteiger partial charge in [-0.25, -0.2) is 0 Å². The maximum Gasteiger partial charge on any atom is 0.356 e. The number of allylic oxidation sites excluding steroid dienone is 3. The smallest absolute Gasteiger partial charge is 0.321 e. The van der Waals surface area contributed by atoms with Gasteiger partial charge in [0.2, 0.25) is 0 Å². The third-order valence-electron chi connectivity index (χ3n) is 1.72. The predicted molar refractivity (Wildman–Crippen MR) is 49.8 cm³/mol. The van der Waals surface area contributed by atoms with Crippen molar-refractivity contribution in [1.82, 2.24) is 0 Å². The molecule has 0 heterocycles. The molecule has 0 aromatic rings. The summed E-state index contributed by atoms with van der Waals surface area (Å²) >= 11 is 0. The molecule has 0 fully saturated rings. The van der Waals surface area contributed by atoms with Gasteiger partial charge in [0, 0.05) is 0 Å². The minimum atomic E-state index is -4.10. The average Bonchev–Trinajstić information content (AvgIpc) is 1.97. The van der Waals surface area contributed by atoms with Gasteiger partial charge >= 0.3 is 7.60 Å². The molecule has 0 aliphatic rings. The van der Waals surface area contributed by atoms with Crippen LogP contribution in [0.5, 0.6) is 0 Å². The SMILES string of the molecule is C=CC(=C(CC)CC)P(=O)(O)O. The van der Waals surface area contributed by atoms with Crippen LogP contribution < -0.4 is 0 Å². The monoisotopic (exact) mass is 190 g/mol. The Kier molecular flexibility index (Phi) is 4.46. The molecule has 0 aliphatic carbocycles. The van der Waals surface area contributed by atoms with E-state index in [-0.39, 0.29) is 5.31 Å². The second-order valence-electron chi connectivity index (χ2n) is 2.44. The molecule has 0 aromatic carbocycles. The highest BCUT2D eigenvalue weighted by Crippen LogP contribution is 2.48. The van der Waals surface area contributed by atoms with E-state index >= 15 is 0 Å². The summed E-state index contributed by atoms with van der Waals surface area (Å²) in [6.07, 6.45) is 2.56. The van der Waals surface area contributed by atoms with Crippen molar-refractivity contribution >= 4 is 7.60 Å². The molecule has 0 unspecified atom stereocenters. The summed E-state index contributed by atoms with van der Waals surface area (Å²) in [7, 11) is -4.10. The minimum absolute atomic E-state index is 0.0903. The standard InChI is InChI=1S/C8H15O3P/c1-4-7(5-2)8(6-3)12(9,10)11/h6H,3-5H2,1-2H3,(H2,9,10,11). The maximum absolute atomic E-state index is 10.9. The third-order valence-corrected chi connectivity index (χ3v) is 2.85. The first-order valence-corrected chi connectivity index (χ1v) is 5.49. The first-order valence-electron chi connectivity index (χ1n) is 3.87. The molecular weight excluding hydrogens is 175 g/mol. The molecule has 0 radical (unpaired) electrons. The fraction of sp³-hybridized carbons (Fsp3) is 0.500. The van der Waals surface area contributed by atoms with Crippen molar-refractivity contribution in [2.75, 3.05) is 0 Å². The highest BCUT2D eigenvalue weighted by molar-refractivity contribution is 7.56. The molecule has 3 nitrogen and oxygen atoms in total. The molecule has 0 aromatic heterocycles. The van der Waals surface area contributed by atoms with E-state index in [9.17, 15) is 4.57 Å². The van der Waals surface area contributed by atoms with E-state index < -0.39 is 7.60 Å². The molecule has 70 valence electrons. The van der Waals surface area contributed by atoms with Gasteiger partial charge in [0.25, 0.3) is 0 Å². The van der Waals surface area contributed by atoms with Crippen molar-refractivity contribution in [2.45, 2.75) is 26.7 Å². The van der Waals surface area contributed by atoms with Crippen LogP contribution in [-0.4, -0.2) is 9.79 Å². The lowest BCUT2D eigenvalue weighted by molar-refractivity contribution is 0.383. The predicted octanol–water partition coefficient (Wildman–Crippen LogP) is 2.42. The van der Waals surface area contributed by atoms with Crippen molar-refractivity contribution in [1.29, 1.82) is 0 Å². The topological polar surface area (TPSA) is 57.5 Å². The van der Waals surface area contributed by atoms with Crippen molar-refractivity contribution < 1.29 is 14.4 Å². The van der Waals surface area contributed by atoms with Gasteiger partial charge in [0.05, 0.1) is 5.31 Å². The van der Waals surface area contributed by atoms with E-state index in [1.165, 1.54) is 6.08 Å². The Balaban J connectivity index is 5.10. The van der Waals surface area contributed by atoms with Crippen LogP contribution >= 0.6 is 7.60 Å². The third kappa shape index (κ3) is 2.94. The fourth-order valence-electron chi connectivity index (χ4n) is 1.08. The van der Waals surface area contributed by atoms with Crippen LogP contribution in [0.3, 0.4) is 0 Å². The summed E-state index contributed by atoms with van der Waals surface area (Å²) in [4.78, 5) is 17.8. The number of rotatable bonds is 4. The van der Waals surface area contributed by atoms with Gasteiger partial charge in [-0.15, -0.1) is 0 Å². The minimum Gasteiger partial charge on any atom is -0.321 e. The summed E-state index contributed by atoms with van der Waals surface area (Å²) in [5.41, 5.74) is 0.776. The molecule has 0 aliphatic heterocycles. The largest absolute Gasteiger partial charge is 0.356 e. The van der Waals surface area contributed by atoms with Gasteiger partial charge < -0.3 is 9.79 Å². The lowest BCUT2D eigenvalue weighted by atomic mass is 10.1. The zero-order valence-corrected chi connectivity index (χ0v) is 8.34. The molecule has 0 atom stereocenters. The van der Waals surface area contributed by atoms with Crippen LogP contribution in [0, 0.1) is 0 Å². The molecule has 0 spiro atoms. The summed E-state index contributed by atoms with van der Waals surface area (Å²) in [5.74, 6) is 0. The molecule has 0 saturated carbocycles. The summed E-state index contributed by atoms with van der Waals surface area (Å²) < 4.78 is 10.9. The highest BCUT2D eigenvalue weighted by Gasteiger charge is 2.20. The summed E-state index contributed by atoms with van der Waals surface area (Å²) in [6, 6.07) is 0. The van der Waals surface area contributed by atoms with E-state index in [0.717, 1.165) is 5.57 Å². The Bertz CT molecular complexity index is 231. The molecule has 0 amide bonds. The quantitative estimate of drug-likeness (QED) is 0.528. The van der Waals surface area contributed by atoms with Gasteiger partial charge in [-0.05, 0) is 12.8 Å². The Morgan fingerprint density at radius 2 is 1.83 bits per heavy atom. The Hall–Kier alpha value is -0.370. The van der Waals surface area contributed by atoms with E-state index in [1.54, 1.807) is 0 Å². The normalized spacial score (nSPS) is 11.0. The van der Waals surface area contributed by atoms with E-state index in [2.05, 4.69) is 6.58 Å². The van der Waals surface area contributed by atoms with E-state index in [4.69, 9.17) is 9.79 Å². The lowest BCUT2D eigenvalue weighted by Gasteiger charge is -2.09. The first kappa shape index (κ1) is 11.6. The van der Waals surface area contributed by atoms with Crippen LogP contribution in [0.25, 0.3) is 0 Å². The van der Waals surface area contributed by atoms with Gasteiger partial charge in [-0.1, -0.05) is 32.1 Å². The highest BCUT2D eigenvalue weighted by atomic mass is 31.2. The lowest BCUT2D eigenvalue weighted by Crippen LogP contribution is -1.89. The zero-order chi connectivity index (χ0) is 9.78. The van der Waals surface area contributed by atoms with E-state index in [0.29, 0.717) is 12.8 Å². The van der Waals surface area contributed by atoms with Gasteiger partial charge in [-0.3, -0.25) is 4.57 Å². The second kappa shape index (κ2) is 4.61. The van der Waals surface area contributed by atoms with Gasteiger partial charge in [-0.2, -0.15) is 0 Å². The van der Waals surface area contributed by atoms with Crippen LogP contribution in [0.15, 0.2) is 23.5 Å². The molecule has 0 rings (SSSR count). The summed E-state index contributed by atoms with van der Waals surface area (Å²) in [6.45, 7) is 7.14. The zero-order valence-electron chi connectivity index (χ0n) is 7.45. The molecule has 2 N–H and O–H groups in total. The summed E-state index contributed by atoms with van der Waals surface area (Å²) in [5, 5.41) is 0.0903. The van der Waals surface area contributed by atoms with Crippen LogP contribution in [0.4, 0.5) is 0 Å². The Labute approximate surface area is 73.0 Å². The number of hydrogen-bond donors (Lipinski definition) is 2. The fourth-order valence-corrected chi connectivity index (χ4v) is 2.05. The van der Waals surface area contributed by atoms with Crippen LogP contribution in [-0.2, 0) is 4.57 Å². The van der Waals surface area contributed by atoms with Crippen molar-refractivity contribution in [3.8, 4) is 0 Å².